The number of aryl methyl sites for hydroxylation is 1. The molecule has 3 rings (SSSR count). The summed E-state index contributed by atoms with van der Waals surface area (Å²) in [4.78, 5) is 0. The molecule has 2 heteroatoms. The minimum atomic E-state index is -0.964. The van der Waals surface area contributed by atoms with Crippen LogP contribution in [0.1, 0.15) is 48.3 Å². The number of halogens is 1. The standard InChI is InChI=1S/C19H21FO/c1-14-10-11-16(13-18(14)20)19(21)12-6-5-9-17(19)15-7-3-2-4-8-15/h2-4,7-8,10-11,13,17,21H,5-6,9,12H2,1H3. The fraction of sp³-hybridized carbons (Fsp3) is 0.368. The van der Waals surface area contributed by atoms with Crippen molar-refractivity contribution in [3.63, 3.8) is 0 Å². The Bertz CT molecular complexity index is 623. The van der Waals surface area contributed by atoms with E-state index in [1.54, 1.807) is 13.0 Å². The molecule has 0 aliphatic heterocycles. The molecule has 21 heavy (non-hydrogen) atoms. The van der Waals surface area contributed by atoms with Crippen LogP contribution in [0.2, 0.25) is 0 Å². The van der Waals surface area contributed by atoms with E-state index in [4.69, 9.17) is 0 Å². The van der Waals surface area contributed by atoms with Gasteiger partial charge in [0.2, 0.25) is 0 Å². The average molecular weight is 284 g/mol. The van der Waals surface area contributed by atoms with Crippen LogP contribution in [-0.4, -0.2) is 5.11 Å². The normalized spacial score (nSPS) is 25.8. The van der Waals surface area contributed by atoms with E-state index < -0.39 is 5.60 Å². The molecule has 0 saturated heterocycles. The monoisotopic (exact) mass is 284 g/mol. The van der Waals surface area contributed by atoms with Gasteiger partial charge in [0.05, 0.1) is 5.60 Å². The fourth-order valence-electron chi connectivity index (χ4n) is 3.49. The highest BCUT2D eigenvalue weighted by Gasteiger charge is 2.41. The molecule has 0 aromatic heterocycles. The Balaban J connectivity index is 2.04. The first-order valence-electron chi connectivity index (χ1n) is 7.65. The van der Waals surface area contributed by atoms with E-state index in [-0.39, 0.29) is 11.7 Å². The molecule has 0 bridgehead atoms. The molecule has 2 aromatic carbocycles. The molecule has 1 aliphatic carbocycles. The molecular weight excluding hydrogens is 263 g/mol. The quantitative estimate of drug-likeness (QED) is 0.849. The Labute approximate surface area is 125 Å². The van der Waals surface area contributed by atoms with Crippen LogP contribution in [0.15, 0.2) is 48.5 Å². The first-order valence-corrected chi connectivity index (χ1v) is 7.65. The van der Waals surface area contributed by atoms with Gasteiger partial charge in [0, 0.05) is 5.92 Å². The van der Waals surface area contributed by atoms with Gasteiger partial charge in [0.25, 0.3) is 0 Å². The predicted molar refractivity (Wildman–Crippen MR) is 82.7 cm³/mol. The second-order valence-corrected chi connectivity index (χ2v) is 6.10. The van der Waals surface area contributed by atoms with Gasteiger partial charge in [0.1, 0.15) is 5.82 Å². The summed E-state index contributed by atoms with van der Waals surface area (Å²) in [6, 6.07) is 15.3. The van der Waals surface area contributed by atoms with E-state index in [0.29, 0.717) is 17.5 Å². The maximum atomic E-state index is 13.9. The van der Waals surface area contributed by atoms with Crippen molar-refractivity contribution >= 4 is 0 Å². The molecule has 2 unspecified atom stereocenters. The van der Waals surface area contributed by atoms with Gasteiger partial charge in [-0.25, -0.2) is 4.39 Å². The highest BCUT2D eigenvalue weighted by atomic mass is 19.1. The Hall–Kier alpha value is -1.67. The van der Waals surface area contributed by atoms with Crippen molar-refractivity contribution in [3.8, 4) is 0 Å². The Kier molecular flexibility index (Phi) is 3.81. The lowest BCUT2D eigenvalue weighted by atomic mass is 9.68. The van der Waals surface area contributed by atoms with Crippen LogP contribution >= 0.6 is 0 Å². The van der Waals surface area contributed by atoms with Gasteiger partial charge in [0.15, 0.2) is 0 Å². The van der Waals surface area contributed by atoms with Gasteiger partial charge in [-0.05, 0) is 42.5 Å². The van der Waals surface area contributed by atoms with Crippen molar-refractivity contribution in [3.05, 3.63) is 71.0 Å². The average Bonchev–Trinajstić information content (AvgIpc) is 2.51. The summed E-state index contributed by atoms with van der Waals surface area (Å²) in [5, 5.41) is 11.3. The summed E-state index contributed by atoms with van der Waals surface area (Å²) >= 11 is 0. The molecule has 1 nitrogen and oxygen atoms in total. The smallest absolute Gasteiger partial charge is 0.126 e. The van der Waals surface area contributed by atoms with Gasteiger partial charge in [-0.15, -0.1) is 0 Å². The molecule has 1 fully saturated rings. The first kappa shape index (κ1) is 14.3. The van der Waals surface area contributed by atoms with E-state index in [1.165, 1.54) is 6.07 Å². The van der Waals surface area contributed by atoms with Gasteiger partial charge in [-0.3, -0.25) is 0 Å². The summed E-state index contributed by atoms with van der Waals surface area (Å²) in [6.45, 7) is 1.75. The maximum absolute atomic E-state index is 13.9. The third-order valence-corrected chi connectivity index (χ3v) is 4.75. The van der Waals surface area contributed by atoms with Gasteiger partial charge < -0.3 is 5.11 Å². The van der Waals surface area contributed by atoms with Gasteiger partial charge in [-0.2, -0.15) is 0 Å². The van der Waals surface area contributed by atoms with Crippen LogP contribution in [0.3, 0.4) is 0 Å². The first-order chi connectivity index (χ1) is 10.1. The molecule has 1 saturated carbocycles. The van der Waals surface area contributed by atoms with E-state index >= 15 is 0 Å². The minimum absolute atomic E-state index is 0.0366. The van der Waals surface area contributed by atoms with Crippen LogP contribution in [0.5, 0.6) is 0 Å². The van der Waals surface area contributed by atoms with Crippen LogP contribution in [-0.2, 0) is 5.60 Å². The number of hydrogen-bond acceptors (Lipinski definition) is 1. The third-order valence-electron chi connectivity index (χ3n) is 4.75. The number of aliphatic hydroxyl groups is 1. The lowest BCUT2D eigenvalue weighted by Gasteiger charge is -2.41. The van der Waals surface area contributed by atoms with Crippen molar-refractivity contribution in [2.75, 3.05) is 0 Å². The number of rotatable bonds is 2. The second-order valence-electron chi connectivity index (χ2n) is 6.10. The van der Waals surface area contributed by atoms with Crippen LogP contribution in [0.4, 0.5) is 4.39 Å². The van der Waals surface area contributed by atoms with Crippen molar-refractivity contribution in [1.29, 1.82) is 0 Å². The van der Waals surface area contributed by atoms with E-state index in [2.05, 4.69) is 12.1 Å². The molecule has 1 N–H and O–H groups in total. The van der Waals surface area contributed by atoms with Crippen molar-refractivity contribution in [2.24, 2.45) is 0 Å². The van der Waals surface area contributed by atoms with Crippen LogP contribution in [0, 0.1) is 12.7 Å². The topological polar surface area (TPSA) is 20.2 Å². The zero-order valence-corrected chi connectivity index (χ0v) is 12.3. The SMILES string of the molecule is Cc1ccc(C2(O)CCCCC2c2ccccc2)cc1F. The van der Waals surface area contributed by atoms with E-state index in [1.807, 2.05) is 24.3 Å². The Morgan fingerprint density at radius 1 is 1.10 bits per heavy atom. The molecule has 1 aliphatic rings. The predicted octanol–water partition coefficient (Wildman–Crippen LogP) is 4.68. The Morgan fingerprint density at radius 3 is 2.57 bits per heavy atom. The molecule has 0 amide bonds. The minimum Gasteiger partial charge on any atom is -0.385 e. The van der Waals surface area contributed by atoms with Crippen LogP contribution < -0.4 is 0 Å². The maximum Gasteiger partial charge on any atom is 0.126 e. The molecule has 0 radical (unpaired) electrons. The number of hydrogen-bond donors (Lipinski definition) is 1. The van der Waals surface area contributed by atoms with Gasteiger partial charge >= 0.3 is 0 Å². The summed E-state index contributed by atoms with van der Waals surface area (Å²) in [5.74, 6) is -0.201. The zero-order valence-electron chi connectivity index (χ0n) is 12.3. The van der Waals surface area contributed by atoms with E-state index in [0.717, 1.165) is 24.8 Å². The second kappa shape index (κ2) is 5.61. The molecule has 2 aromatic rings. The van der Waals surface area contributed by atoms with Crippen molar-refractivity contribution < 1.29 is 9.50 Å². The lowest BCUT2D eigenvalue weighted by Crippen LogP contribution is -2.36. The summed E-state index contributed by atoms with van der Waals surface area (Å²) < 4.78 is 13.9. The van der Waals surface area contributed by atoms with E-state index in [9.17, 15) is 9.50 Å². The van der Waals surface area contributed by atoms with Crippen LogP contribution in [0.25, 0.3) is 0 Å². The fourth-order valence-corrected chi connectivity index (χ4v) is 3.49. The molecule has 0 heterocycles. The third kappa shape index (κ3) is 2.60. The summed E-state index contributed by atoms with van der Waals surface area (Å²) in [5.41, 5.74) is 1.50. The number of benzene rings is 2. The highest BCUT2D eigenvalue weighted by Crippen LogP contribution is 2.47. The molecule has 110 valence electrons. The van der Waals surface area contributed by atoms with Gasteiger partial charge in [-0.1, -0.05) is 55.3 Å². The summed E-state index contributed by atoms with van der Waals surface area (Å²) in [6.07, 6.45) is 3.72. The molecular formula is C19H21FO. The highest BCUT2D eigenvalue weighted by molar-refractivity contribution is 5.34. The molecule has 0 spiro atoms. The zero-order chi connectivity index (χ0) is 14.9. The van der Waals surface area contributed by atoms with Crippen molar-refractivity contribution in [2.45, 2.75) is 44.1 Å². The lowest BCUT2D eigenvalue weighted by molar-refractivity contribution is -0.0227. The van der Waals surface area contributed by atoms with Crippen molar-refractivity contribution in [1.82, 2.24) is 0 Å². The largest absolute Gasteiger partial charge is 0.385 e. The molecule has 2 atom stereocenters. The summed E-state index contributed by atoms with van der Waals surface area (Å²) in [7, 11) is 0. The Morgan fingerprint density at radius 2 is 1.86 bits per heavy atom.